The molecule has 0 rings (SSSR count). The highest BCUT2D eigenvalue weighted by Crippen LogP contribution is 2.26. The Morgan fingerprint density at radius 2 is 0.690 bits per heavy atom. The number of rotatable bonds is 13. The number of hydrogen-bond acceptors (Lipinski definition) is 6. The average Bonchev–Trinajstić information content (AvgIpc) is 2.26. The SMILES string of the molecule is C=C[SiH](O[Si](C)(O[Si](C)(C)C)O[Si](C)(C)C)O[Si](C)(O[Si](C)(C)C)O[Si](C)(C)C. The molecule has 0 spiro atoms. The Morgan fingerprint density at radius 1 is 0.483 bits per heavy atom. The molecule has 0 saturated carbocycles. The first-order chi connectivity index (χ1) is 12.5. The summed E-state index contributed by atoms with van der Waals surface area (Å²) in [6.45, 7) is 33.8. The van der Waals surface area contributed by atoms with Crippen LogP contribution < -0.4 is 0 Å². The Balaban J connectivity index is 5.76. The van der Waals surface area contributed by atoms with Crippen molar-refractivity contribution in [2.45, 2.75) is 91.7 Å². The summed E-state index contributed by atoms with van der Waals surface area (Å²) >= 11 is 0. The standard InChI is InChI=1S/C16H46O6Si7/c1-16-23(17-28(14,19-24(2,3)4)20-25(5,6)7)18-29(15,21-26(8,9)10)22-27(11,12)13/h16,23H,1H2,2-15H3. The molecule has 13 heteroatoms. The molecule has 6 nitrogen and oxygen atoms in total. The van der Waals surface area contributed by atoms with Gasteiger partial charge in [-0.1, -0.05) is 5.70 Å². The Bertz CT molecular complexity index is 458. The minimum atomic E-state index is -2.90. The summed E-state index contributed by atoms with van der Waals surface area (Å²) < 4.78 is 39.0. The molecule has 0 atom stereocenters. The van der Waals surface area contributed by atoms with E-state index in [4.69, 9.17) is 24.7 Å². The Kier molecular flexibility index (Phi) is 10.7. The molecular formula is C16H46O6Si7. The Hall–Kier alpha value is 1.02. The molecule has 0 N–H and O–H groups in total. The molecule has 0 aliphatic heterocycles. The van der Waals surface area contributed by atoms with Crippen molar-refractivity contribution in [2.24, 2.45) is 0 Å². The largest absolute Gasteiger partial charge is 0.467 e. The summed E-state index contributed by atoms with van der Waals surface area (Å²) in [4.78, 5) is 0. The van der Waals surface area contributed by atoms with Gasteiger partial charge < -0.3 is 24.7 Å². The van der Waals surface area contributed by atoms with Crippen molar-refractivity contribution in [3.8, 4) is 0 Å². The van der Waals surface area contributed by atoms with Crippen molar-refractivity contribution in [2.75, 3.05) is 0 Å². The van der Waals surface area contributed by atoms with Gasteiger partial charge in [-0.15, -0.1) is 6.58 Å². The second-order valence-corrected chi connectivity index (χ2v) is 38.1. The fraction of sp³-hybridized carbons (Fsp3) is 0.875. The first-order valence-corrected chi connectivity index (χ1v) is 29.9. The molecule has 29 heavy (non-hydrogen) atoms. The van der Waals surface area contributed by atoms with E-state index in [0.717, 1.165) is 0 Å². The summed E-state index contributed by atoms with van der Waals surface area (Å²) in [5.41, 5.74) is 1.79. The van der Waals surface area contributed by atoms with Crippen LogP contribution >= 0.6 is 0 Å². The highest BCUT2D eigenvalue weighted by Gasteiger charge is 2.49. The molecule has 0 fully saturated rings. The number of hydrogen-bond donors (Lipinski definition) is 0. The second kappa shape index (κ2) is 10.3. The van der Waals surface area contributed by atoms with Gasteiger partial charge >= 0.3 is 26.9 Å². The molecule has 0 aromatic rings. The first-order valence-electron chi connectivity index (χ1n) is 10.3. The minimum absolute atomic E-state index is 1.79. The van der Waals surface area contributed by atoms with E-state index in [2.05, 4.69) is 85.1 Å². The lowest BCUT2D eigenvalue weighted by molar-refractivity contribution is 0.215. The molecule has 0 radical (unpaired) electrons. The maximum Gasteiger partial charge on any atom is 0.467 e. The van der Waals surface area contributed by atoms with Crippen LogP contribution in [0.2, 0.25) is 91.7 Å². The van der Waals surface area contributed by atoms with Crippen molar-refractivity contribution in [1.82, 2.24) is 0 Å². The maximum atomic E-state index is 6.53. The minimum Gasteiger partial charge on any atom is -0.417 e. The highest BCUT2D eigenvalue weighted by atomic mass is 28.5. The van der Waals surface area contributed by atoms with E-state index in [1.807, 2.05) is 13.1 Å². The molecule has 0 aromatic carbocycles. The fourth-order valence-electron chi connectivity index (χ4n) is 2.90. The lowest BCUT2D eigenvalue weighted by Crippen LogP contribution is -2.61. The van der Waals surface area contributed by atoms with Crippen LogP contribution in [0.5, 0.6) is 0 Å². The van der Waals surface area contributed by atoms with Crippen molar-refractivity contribution in [3.63, 3.8) is 0 Å². The van der Waals surface area contributed by atoms with E-state index in [1.165, 1.54) is 0 Å². The third-order valence-corrected chi connectivity index (χ3v) is 24.2. The van der Waals surface area contributed by atoms with Gasteiger partial charge in [0, 0.05) is 13.1 Å². The van der Waals surface area contributed by atoms with Gasteiger partial charge in [0.15, 0.2) is 33.3 Å². The second-order valence-electron chi connectivity index (χ2n) is 11.4. The van der Waals surface area contributed by atoms with E-state index >= 15 is 0 Å². The van der Waals surface area contributed by atoms with Gasteiger partial charge in [-0.25, -0.2) is 0 Å². The van der Waals surface area contributed by atoms with Gasteiger partial charge in [0.1, 0.15) is 0 Å². The molecular weight excluding hydrogens is 485 g/mol. The monoisotopic (exact) mass is 530 g/mol. The Morgan fingerprint density at radius 3 is 0.828 bits per heavy atom. The molecule has 0 unspecified atom stereocenters. The average molecular weight is 531 g/mol. The van der Waals surface area contributed by atoms with E-state index in [1.54, 1.807) is 5.70 Å². The van der Waals surface area contributed by atoms with Crippen molar-refractivity contribution in [3.05, 3.63) is 12.3 Å². The van der Waals surface area contributed by atoms with Crippen LogP contribution in [0.3, 0.4) is 0 Å². The molecule has 0 aliphatic rings. The van der Waals surface area contributed by atoms with Crippen molar-refractivity contribution >= 4 is 60.2 Å². The van der Waals surface area contributed by atoms with Gasteiger partial charge in [-0.05, 0) is 78.6 Å². The molecule has 174 valence electrons. The quantitative estimate of drug-likeness (QED) is 0.293. The Labute approximate surface area is 188 Å². The zero-order chi connectivity index (χ0) is 23.5. The summed E-state index contributed by atoms with van der Waals surface area (Å²) in [7, 11) is -15.7. The van der Waals surface area contributed by atoms with Crippen molar-refractivity contribution in [1.29, 1.82) is 0 Å². The van der Waals surface area contributed by atoms with E-state index in [-0.39, 0.29) is 0 Å². The maximum absolute atomic E-state index is 6.53. The third kappa shape index (κ3) is 15.5. The van der Waals surface area contributed by atoms with E-state index < -0.39 is 60.2 Å². The summed E-state index contributed by atoms with van der Waals surface area (Å²) in [6, 6.07) is 0. The third-order valence-electron chi connectivity index (χ3n) is 2.82. The van der Waals surface area contributed by atoms with E-state index in [9.17, 15) is 0 Å². The molecule has 0 aliphatic carbocycles. The van der Waals surface area contributed by atoms with Crippen LogP contribution in [0.15, 0.2) is 12.3 Å². The van der Waals surface area contributed by atoms with Gasteiger partial charge in [0.05, 0.1) is 0 Å². The summed E-state index contributed by atoms with van der Waals surface area (Å²) in [5, 5.41) is 0. The molecule has 0 saturated heterocycles. The van der Waals surface area contributed by atoms with Gasteiger partial charge in [-0.3, -0.25) is 0 Å². The van der Waals surface area contributed by atoms with Crippen molar-refractivity contribution < 1.29 is 24.7 Å². The molecule has 0 amide bonds. The first kappa shape index (κ1) is 30.0. The lowest BCUT2D eigenvalue weighted by Gasteiger charge is -2.42. The van der Waals surface area contributed by atoms with Crippen LogP contribution in [0.4, 0.5) is 0 Å². The zero-order valence-corrected chi connectivity index (χ0v) is 28.5. The van der Waals surface area contributed by atoms with Crippen LogP contribution in [0.25, 0.3) is 0 Å². The molecule has 0 bridgehead atoms. The predicted octanol–water partition coefficient (Wildman–Crippen LogP) is 5.51. The highest BCUT2D eigenvalue weighted by molar-refractivity contribution is 6.90. The van der Waals surface area contributed by atoms with Crippen LogP contribution in [-0.4, -0.2) is 60.2 Å². The van der Waals surface area contributed by atoms with Gasteiger partial charge in [0.2, 0.25) is 0 Å². The molecule has 0 aromatic heterocycles. The van der Waals surface area contributed by atoms with Crippen LogP contribution in [0.1, 0.15) is 0 Å². The van der Waals surface area contributed by atoms with Gasteiger partial charge in [-0.2, -0.15) is 0 Å². The van der Waals surface area contributed by atoms with Crippen LogP contribution in [-0.2, 0) is 24.7 Å². The normalized spacial score (nSPS) is 15.1. The predicted molar refractivity (Wildman–Crippen MR) is 140 cm³/mol. The lowest BCUT2D eigenvalue weighted by atomic mass is 11.3. The smallest absolute Gasteiger partial charge is 0.417 e. The topological polar surface area (TPSA) is 55.4 Å². The zero-order valence-electron chi connectivity index (χ0n) is 21.3. The van der Waals surface area contributed by atoms with Crippen LogP contribution in [0, 0.1) is 0 Å². The summed E-state index contributed by atoms with van der Waals surface area (Å²) in [5.74, 6) is 0. The van der Waals surface area contributed by atoms with Gasteiger partial charge in [0.25, 0.3) is 0 Å². The van der Waals surface area contributed by atoms with E-state index in [0.29, 0.717) is 0 Å². The molecule has 0 heterocycles. The summed E-state index contributed by atoms with van der Waals surface area (Å²) in [6.07, 6.45) is 0. The fourth-order valence-corrected chi connectivity index (χ4v) is 29.1.